The van der Waals surface area contributed by atoms with Crippen LogP contribution in [-0.2, 0) is 4.79 Å². The highest BCUT2D eigenvalue weighted by Gasteiger charge is 2.11. The number of aryl methyl sites for hydroxylation is 2. The van der Waals surface area contributed by atoms with E-state index in [0.717, 1.165) is 17.7 Å². The SMILES string of the molecule is CCCNC(=O)CSc1nc(C)cc(C)c1C#N. The standard InChI is InChI=1S/C13H17N3OS/c1-4-5-15-12(17)8-18-13-11(7-14)9(2)6-10(3)16-13/h6H,4-5,8H2,1-3H3,(H,15,17). The predicted molar refractivity (Wildman–Crippen MR) is 72.5 cm³/mol. The van der Waals surface area contributed by atoms with Gasteiger partial charge in [0, 0.05) is 12.2 Å². The van der Waals surface area contributed by atoms with Crippen LogP contribution in [0.25, 0.3) is 0 Å². The zero-order valence-electron chi connectivity index (χ0n) is 10.9. The molecule has 0 atom stereocenters. The molecule has 4 nitrogen and oxygen atoms in total. The van der Waals surface area contributed by atoms with Crippen molar-refractivity contribution in [3.8, 4) is 6.07 Å². The molecule has 1 aromatic heterocycles. The van der Waals surface area contributed by atoms with E-state index in [1.54, 1.807) is 0 Å². The number of nitrogens with zero attached hydrogens (tertiary/aromatic N) is 2. The van der Waals surface area contributed by atoms with E-state index < -0.39 is 0 Å². The summed E-state index contributed by atoms with van der Waals surface area (Å²) in [5.41, 5.74) is 2.33. The van der Waals surface area contributed by atoms with Crippen molar-refractivity contribution in [2.45, 2.75) is 32.2 Å². The third-order valence-corrected chi connectivity index (χ3v) is 3.31. The smallest absolute Gasteiger partial charge is 0.230 e. The van der Waals surface area contributed by atoms with Crippen molar-refractivity contribution in [1.82, 2.24) is 10.3 Å². The summed E-state index contributed by atoms with van der Waals surface area (Å²) < 4.78 is 0. The topological polar surface area (TPSA) is 65.8 Å². The first-order valence-electron chi connectivity index (χ1n) is 5.86. The molecule has 0 aliphatic rings. The lowest BCUT2D eigenvalue weighted by molar-refractivity contribution is -0.118. The fourth-order valence-electron chi connectivity index (χ4n) is 1.49. The summed E-state index contributed by atoms with van der Waals surface area (Å²) in [6.45, 7) is 6.46. The Morgan fingerprint density at radius 1 is 1.56 bits per heavy atom. The summed E-state index contributed by atoms with van der Waals surface area (Å²) in [6.07, 6.45) is 0.918. The third-order valence-electron chi connectivity index (χ3n) is 2.34. The summed E-state index contributed by atoms with van der Waals surface area (Å²) in [7, 11) is 0. The van der Waals surface area contributed by atoms with Crippen LogP contribution in [0.5, 0.6) is 0 Å². The molecule has 0 aliphatic carbocycles. The number of hydrogen-bond donors (Lipinski definition) is 1. The second-order valence-electron chi connectivity index (χ2n) is 4.01. The monoisotopic (exact) mass is 263 g/mol. The molecule has 1 aromatic rings. The molecular formula is C13H17N3OS. The molecule has 0 spiro atoms. The number of amides is 1. The number of nitrogens with one attached hydrogen (secondary N) is 1. The van der Waals surface area contributed by atoms with Crippen LogP contribution in [-0.4, -0.2) is 23.2 Å². The Kier molecular flexibility index (Phi) is 5.66. The van der Waals surface area contributed by atoms with E-state index in [4.69, 9.17) is 5.26 Å². The molecule has 1 N–H and O–H groups in total. The van der Waals surface area contributed by atoms with Gasteiger partial charge in [-0.2, -0.15) is 5.26 Å². The van der Waals surface area contributed by atoms with E-state index in [0.29, 0.717) is 22.9 Å². The van der Waals surface area contributed by atoms with Gasteiger partial charge in [0.15, 0.2) is 0 Å². The van der Waals surface area contributed by atoms with Crippen LogP contribution >= 0.6 is 11.8 Å². The Labute approximate surface area is 112 Å². The first-order valence-corrected chi connectivity index (χ1v) is 6.84. The van der Waals surface area contributed by atoms with Crippen LogP contribution in [0.15, 0.2) is 11.1 Å². The summed E-state index contributed by atoms with van der Waals surface area (Å²) >= 11 is 1.31. The van der Waals surface area contributed by atoms with E-state index in [-0.39, 0.29) is 5.91 Å². The first kappa shape index (κ1) is 14.5. The van der Waals surface area contributed by atoms with Gasteiger partial charge in [0.25, 0.3) is 0 Å². The lowest BCUT2D eigenvalue weighted by Gasteiger charge is -2.07. The number of thioether (sulfide) groups is 1. The van der Waals surface area contributed by atoms with Gasteiger partial charge in [-0.15, -0.1) is 0 Å². The molecule has 96 valence electrons. The van der Waals surface area contributed by atoms with Gasteiger partial charge in [0.2, 0.25) is 5.91 Å². The second kappa shape index (κ2) is 7.02. The normalized spacial score (nSPS) is 9.89. The largest absolute Gasteiger partial charge is 0.355 e. The van der Waals surface area contributed by atoms with Crippen molar-refractivity contribution in [1.29, 1.82) is 5.26 Å². The number of pyridine rings is 1. The summed E-state index contributed by atoms with van der Waals surface area (Å²) in [5.74, 6) is 0.275. The molecule has 0 aliphatic heterocycles. The molecule has 0 fully saturated rings. The van der Waals surface area contributed by atoms with Crippen molar-refractivity contribution in [2.75, 3.05) is 12.3 Å². The first-order chi connectivity index (χ1) is 8.58. The average molecular weight is 263 g/mol. The molecule has 18 heavy (non-hydrogen) atoms. The maximum atomic E-state index is 11.5. The number of carbonyl (C=O) groups is 1. The van der Waals surface area contributed by atoms with Gasteiger partial charge in [-0.1, -0.05) is 18.7 Å². The molecule has 0 bridgehead atoms. The average Bonchev–Trinajstić information content (AvgIpc) is 2.33. The molecule has 1 heterocycles. The van der Waals surface area contributed by atoms with Gasteiger partial charge in [0.1, 0.15) is 11.1 Å². The van der Waals surface area contributed by atoms with Gasteiger partial charge in [-0.05, 0) is 31.9 Å². The maximum absolute atomic E-state index is 11.5. The van der Waals surface area contributed by atoms with Crippen LogP contribution in [0.4, 0.5) is 0 Å². The van der Waals surface area contributed by atoms with Crippen LogP contribution in [0.2, 0.25) is 0 Å². The maximum Gasteiger partial charge on any atom is 0.230 e. The minimum absolute atomic E-state index is 0.0216. The van der Waals surface area contributed by atoms with E-state index in [9.17, 15) is 4.79 Å². The number of aromatic nitrogens is 1. The van der Waals surface area contributed by atoms with Crippen LogP contribution < -0.4 is 5.32 Å². The van der Waals surface area contributed by atoms with Gasteiger partial charge < -0.3 is 5.32 Å². The quantitative estimate of drug-likeness (QED) is 0.827. The minimum atomic E-state index is -0.0216. The van der Waals surface area contributed by atoms with Crippen molar-refractivity contribution < 1.29 is 4.79 Å². The fourth-order valence-corrected chi connectivity index (χ4v) is 2.42. The van der Waals surface area contributed by atoms with Crippen molar-refractivity contribution >= 4 is 17.7 Å². The zero-order chi connectivity index (χ0) is 13.5. The summed E-state index contributed by atoms with van der Waals surface area (Å²) in [6, 6.07) is 4.02. The molecule has 5 heteroatoms. The van der Waals surface area contributed by atoms with Crippen molar-refractivity contribution in [3.63, 3.8) is 0 Å². The van der Waals surface area contributed by atoms with E-state index >= 15 is 0 Å². The number of rotatable bonds is 5. The highest BCUT2D eigenvalue weighted by atomic mass is 32.2. The van der Waals surface area contributed by atoms with Crippen LogP contribution in [0.3, 0.4) is 0 Å². The molecule has 0 saturated heterocycles. The number of carbonyl (C=O) groups excluding carboxylic acids is 1. The molecule has 1 rings (SSSR count). The van der Waals surface area contributed by atoms with Gasteiger partial charge in [-0.3, -0.25) is 4.79 Å². The summed E-state index contributed by atoms with van der Waals surface area (Å²) in [5, 5.41) is 12.5. The lowest BCUT2D eigenvalue weighted by Crippen LogP contribution is -2.25. The Balaban J connectivity index is 2.73. The molecule has 0 saturated carbocycles. The van der Waals surface area contributed by atoms with Crippen LogP contribution in [0, 0.1) is 25.2 Å². The Hall–Kier alpha value is -1.54. The second-order valence-corrected chi connectivity index (χ2v) is 4.98. The highest BCUT2D eigenvalue weighted by Crippen LogP contribution is 2.23. The summed E-state index contributed by atoms with van der Waals surface area (Å²) in [4.78, 5) is 15.8. The highest BCUT2D eigenvalue weighted by molar-refractivity contribution is 8.00. The molecule has 0 aromatic carbocycles. The third kappa shape index (κ3) is 4.04. The lowest BCUT2D eigenvalue weighted by atomic mass is 10.1. The Bertz CT molecular complexity index is 480. The van der Waals surface area contributed by atoms with Gasteiger partial charge in [0.05, 0.1) is 11.3 Å². The predicted octanol–water partition coefficient (Wildman–Crippen LogP) is 2.19. The van der Waals surface area contributed by atoms with Gasteiger partial charge >= 0.3 is 0 Å². The van der Waals surface area contributed by atoms with Gasteiger partial charge in [-0.25, -0.2) is 4.98 Å². The Morgan fingerprint density at radius 2 is 2.28 bits per heavy atom. The molecule has 0 unspecified atom stereocenters. The Morgan fingerprint density at radius 3 is 2.89 bits per heavy atom. The van der Waals surface area contributed by atoms with E-state index in [1.807, 2.05) is 26.8 Å². The molecule has 1 amide bonds. The number of hydrogen-bond acceptors (Lipinski definition) is 4. The number of nitriles is 1. The molecule has 0 radical (unpaired) electrons. The zero-order valence-corrected chi connectivity index (χ0v) is 11.7. The van der Waals surface area contributed by atoms with Crippen LogP contribution in [0.1, 0.15) is 30.2 Å². The molecular weight excluding hydrogens is 246 g/mol. The van der Waals surface area contributed by atoms with E-state index in [2.05, 4.69) is 16.4 Å². The fraction of sp³-hybridized carbons (Fsp3) is 0.462. The van der Waals surface area contributed by atoms with Crippen molar-refractivity contribution in [3.05, 3.63) is 22.9 Å². The van der Waals surface area contributed by atoms with Crippen molar-refractivity contribution in [2.24, 2.45) is 0 Å². The minimum Gasteiger partial charge on any atom is -0.355 e. The van der Waals surface area contributed by atoms with E-state index in [1.165, 1.54) is 11.8 Å².